The Bertz CT molecular complexity index is 403. The molecule has 0 aromatic heterocycles. The van der Waals surface area contributed by atoms with Gasteiger partial charge >= 0.3 is 0 Å². The van der Waals surface area contributed by atoms with Crippen molar-refractivity contribution in [3.8, 4) is 0 Å². The van der Waals surface area contributed by atoms with Gasteiger partial charge in [0.2, 0.25) is 5.91 Å². The highest BCUT2D eigenvalue weighted by molar-refractivity contribution is 5.81. The number of carbonyl (C=O) groups excluding carboxylic acids is 1. The van der Waals surface area contributed by atoms with Crippen LogP contribution in [0.25, 0.3) is 0 Å². The molecule has 0 bridgehead atoms. The molecule has 0 saturated carbocycles. The van der Waals surface area contributed by atoms with E-state index < -0.39 is 0 Å². The molecule has 0 radical (unpaired) electrons. The number of unbranched alkanes of at least 4 members (excludes halogenated alkanes) is 1. The fourth-order valence-corrected chi connectivity index (χ4v) is 2.15. The number of hydrogen-bond acceptors (Lipinski definition) is 2. The topological polar surface area (TPSA) is 41.1 Å². The van der Waals surface area contributed by atoms with Gasteiger partial charge in [0.15, 0.2) is 0 Å². The Kier molecular flexibility index (Phi) is 6.57. The summed E-state index contributed by atoms with van der Waals surface area (Å²) in [4.78, 5) is 11.9. The van der Waals surface area contributed by atoms with E-state index in [2.05, 4.69) is 43.5 Å². The molecule has 0 spiro atoms. The molecule has 0 fully saturated rings. The van der Waals surface area contributed by atoms with E-state index in [0.717, 1.165) is 19.4 Å². The van der Waals surface area contributed by atoms with Gasteiger partial charge < -0.3 is 5.32 Å². The monoisotopic (exact) mass is 262 g/mol. The zero-order valence-corrected chi connectivity index (χ0v) is 12.5. The van der Waals surface area contributed by atoms with Crippen LogP contribution in [0.4, 0.5) is 0 Å². The van der Waals surface area contributed by atoms with Gasteiger partial charge in [-0.1, -0.05) is 37.6 Å². The largest absolute Gasteiger partial charge is 0.355 e. The highest BCUT2D eigenvalue weighted by Crippen LogP contribution is 2.17. The minimum Gasteiger partial charge on any atom is -0.355 e. The van der Waals surface area contributed by atoms with E-state index in [0.29, 0.717) is 0 Å². The van der Waals surface area contributed by atoms with Crippen LogP contribution in [0.15, 0.2) is 24.3 Å². The van der Waals surface area contributed by atoms with Crippen LogP contribution in [0.2, 0.25) is 0 Å². The van der Waals surface area contributed by atoms with Crippen molar-refractivity contribution < 1.29 is 4.79 Å². The molecular formula is C16H26N2O. The molecule has 1 aromatic rings. The van der Waals surface area contributed by atoms with Gasteiger partial charge in [0.1, 0.15) is 0 Å². The zero-order valence-electron chi connectivity index (χ0n) is 12.5. The van der Waals surface area contributed by atoms with Crippen molar-refractivity contribution in [2.45, 2.75) is 52.6 Å². The third kappa shape index (κ3) is 5.03. The molecule has 19 heavy (non-hydrogen) atoms. The Hall–Kier alpha value is -1.35. The third-order valence-corrected chi connectivity index (χ3v) is 3.38. The minimum absolute atomic E-state index is 0.0777. The van der Waals surface area contributed by atoms with E-state index in [-0.39, 0.29) is 18.0 Å². The number of carbonyl (C=O) groups is 1. The Balaban J connectivity index is 2.50. The molecule has 0 heterocycles. The maximum Gasteiger partial charge on any atom is 0.236 e. The molecular weight excluding hydrogens is 236 g/mol. The molecule has 2 unspecified atom stereocenters. The predicted octanol–water partition coefficient (Wildman–Crippen LogP) is 2.95. The Morgan fingerprint density at radius 2 is 1.95 bits per heavy atom. The summed E-state index contributed by atoms with van der Waals surface area (Å²) in [6.45, 7) is 8.99. The average molecular weight is 262 g/mol. The van der Waals surface area contributed by atoms with Gasteiger partial charge in [-0.2, -0.15) is 0 Å². The highest BCUT2D eigenvalue weighted by Gasteiger charge is 2.16. The van der Waals surface area contributed by atoms with E-state index in [4.69, 9.17) is 0 Å². The summed E-state index contributed by atoms with van der Waals surface area (Å²) in [6, 6.07) is 8.27. The first-order valence-electron chi connectivity index (χ1n) is 7.15. The second-order valence-corrected chi connectivity index (χ2v) is 5.11. The van der Waals surface area contributed by atoms with Gasteiger partial charge in [0, 0.05) is 12.6 Å². The SMILES string of the molecule is CCCCNC(=O)C(C)NC(C)c1ccccc1C. The number of amides is 1. The standard InChI is InChI=1S/C16H26N2O/c1-5-6-11-17-16(19)14(4)18-13(3)15-10-8-7-9-12(15)2/h7-10,13-14,18H,5-6,11H2,1-4H3,(H,17,19). The molecule has 1 amide bonds. The van der Waals surface area contributed by atoms with Gasteiger partial charge in [-0.3, -0.25) is 10.1 Å². The number of benzene rings is 1. The molecule has 3 nitrogen and oxygen atoms in total. The van der Waals surface area contributed by atoms with Crippen molar-refractivity contribution in [2.24, 2.45) is 0 Å². The Morgan fingerprint density at radius 1 is 1.26 bits per heavy atom. The number of rotatable bonds is 7. The zero-order chi connectivity index (χ0) is 14.3. The van der Waals surface area contributed by atoms with Crippen LogP contribution in [-0.2, 0) is 4.79 Å². The lowest BCUT2D eigenvalue weighted by molar-refractivity contribution is -0.122. The summed E-state index contributed by atoms with van der Waals surface area (Å²) < 4.78 is 0. The minimum atomic E-state index is -0.175. The lowest BCUT2D eigenvalue weighted by atomic mass is 10.0. The first-order valence-corrected chi connectivity index (χ1v) is 7.15. The molecule has 2 atom stereocenters. The van der Waals surface area contributed by atoms with Crippen LogP contribution in [0.3, 0.4) is 0 Å². The van der Waals surface area contributed by atoms with Crippen molar-refractivity contribution in [3.05, 3.63) is 35.4 Å². The van der Waals surface area contributed by atoms with Gasteiger partial charge in [0.25, 0.3) is 0 Å². The second-order valence-electron chi connectivity index (χ2n) is 5.11. The van der Waals surface area contributed by atoms with Crippen molar-refractivity contribution in [2.75, 3.05) is 6.54 Å². The normalized spacial score (nSPS) is 13.9. The molecule has 0 aliphatic carbocycles. The molecule has 106 valence electrons. The summed E-state index contributed by atoms with van der Waals surface area (Å²) in [5.41, 5.74) is 2.50. The van der Waals surface area contributed by atoms with Crippen LogP contribution in [0.1, 0.15) is 50.8 Å². The summed E-state index contributed by atoms with van der Waals surface area (Å²) in [6.07, 6.45) is 2.13. The summed E-state index contributed by atoms with van der Waals surface area (Å²) in [5.74, 6) is 0.0777. The summed E-state index contributed by atoms with van der Waals surface area (Å²) in [5, 5.41) is 6.30. The fourth-order valence-electron chi connectivity index (χ4n) is 2.15. The van der Waals surface area contributed by atoms with Crippen LogP contribution < -0.4 is 10.6 Å². The van der Waals surface area contributed by atoms with Crippen molar-refractivity contribution >= 4 is 5.91 Å². The maximum atomic E-state index is 11.9. The van der Waals surface area contributed by atoms with E-state index in [1.165, 1.54) is 11.1 Å². The first kappa shape index (κ1) is 15.7. The molecule has 0 aliphatic heterocycles. The van der Waals surface area contributed by atoms with Crippen molar-refractivity contribution in [3.63, 3.8) is 0 Å². The summed E-state index contributed by atoms with van der Waals surface area (Å²) >= 11 is 0. The van der Waals surface area contributed by atoms with Crippen LogP contribution >= 0.6 is 0 Å². The van der Waals surface area contributed by atoms with Gasteiger partial charge in [0.05, 0.1) is 6.04 Å². The third-order valence-electron chi connectivity index (χ3n) is 3.38. The molecule has 1 aromatic carbocycles. The summed E-state index contributed by atoms with van der Waals surface area (Å²) in [7, 11) is 0. The molecule has 0 saturated heterocycles. The van der Waals surface area contributed by atoms with Crippen molar-refractivity contribution in [1.29, 1.82) is 0 Å². The smallest absolute Gasteiger partial charge is 0.236 e. The molecule has 0 aliphatic rings. The van der Waals surface area contributed by atoms with Gasteiger partial charge in [-0.25, -0.2) is 0 Å². The molecule has 2 N–H and O–H groups in total. The second kappa shape index (κ2) is 7.95. The van der Waals surface area contributed by atoms with Crippen LogP contribution in [0.5, 0.6) is 0 Å². The van der Waals surface area contributed by atoms with Gasteiger partial charge in [-0.15, -0.1) is 0 Å². The fraction of sp³-hybridized carbons (Fsp3) is 0.562. The quantitative estimate of drug-likeness (QED) is 0.742. The Morgan fingerprint density at radius 3 is 2.58 bits per heavy atom. The van der Waals surface area contributed by atoms with Crippen LogP contribution in [-0.4, -0.2) is 18.5 Å². The van der Waals surface area contributed by atoms with E-state index in [9.17, 15) is 4.79 Å². The van der Waals surface area contributed by atoms with E-state index in [1.54, 1.807) is 0 Å². The first-order chi connectivity index (χ1) is 9.06. The molecule has 3 heteroatoms. The lowest BCUT2D eigenvalue weighted by Crippen LogP contribution is -2.43. The maximum absolute atomic E-state index is 11.9. The number of hydrogen-bond donors (Lipinski definition) is 2. The number of aryl methyl sites for hydroxylation is 1. The Labute approximate surface area is 116 Å². The van der Waals surface area contributed by atoms with Crippen molar-refractivity contribution in [1.82, 2.24) is 10.6 Å². The van der Waals surface area contributed by atoms with E-state index in [1.807, 2.05) is 19.1 Å². The number of nitrogens with one attached hydrogen (secondary N) is 2. The molecule has 1 rings (SSSR count). The van der Waals surface area contributed by atoms with Gasteiger partial charge in [-0.05, 0) is 38.3 Å². The predicted molar refractivity (Wildman–Crippen MR) is 80.1 cm³/mol. The van der Waals surface area contributed by atoms with E-state index >= 15 is 0 Å². The highest BCUT2D eigenvalue weighted by atomic mass is 16.2. The van der Waals surface area contributed by atoms with Crippen LogP contribution in [0, 0.1) is 6.92 Å². The lowest BCUT2D eigenvalue weighted by Gasteiger charge is -2.21. The average Bonchev–Trinajstić information content (AvgIpc) is 2.39.